The first kappa shape index (κ1) is 8.68. The Kier molecular flexibility index (Phi) is 2.11. The molecule has 0 spiro atoms. The third-order valence-electron chi connectivity index (χ3n) is 1.63. The van der Waals surface area contributed by atoms with E-state index in [0.717, 1.165) is 0 Å². The fourth-order valence-corrected chi connectivity index (χ4v) is 0.898. The maximum Gasteiger partial charge on any atom is 0.320 e. The summed E-state index contributed by atoms with van der Waals surface area (Å²) in [5, 5.41) is 15.9. The molecule has 0 bridgehead atoms. The van der Waals surface area contributed by atoms with Crippen molar-refractivity contribution >= 4 is 5.97 Å². The molecule has 0 unspecified atom stereocenters. The molecule has 1 aliphatic heterocycles. The van der Waals surface area contributed by atoms with E-state index in [9.17, 15) is 4.79 Å². The third-order valence-corrected chi connectivity index (χ3v) is 1.63. The van der Waals surface area contributed by atoms with Crippen LogP contribution in [-0.4, -0.2) is 22.8 Å². The molecule has 0 radical (unpaired) electrons. The molecule has 3 N–H and O–H groups in total. The normalized spacial score (nSPS) is 19.7. The highest BCUT2D eigenvalue weighted by atomic mass is 16.4. The van der Waals surface area contributed by atoms with Crippen molar-refractivity contribution in [2.45, 2.75) is 24.5 Å². The van der Waals surface area contributed by atoms with Gasteiger partial charge in [-0.2, -0.15) is 10.2 Å². The molecule has 0 aromatic heterocycles. The van der Waals surface area contributed by atoms with Crippen LogP contribution in [0.2, 0.25) is 0 Å². The molecule has 1 aliphatic rings. The number of nitrogens with two attached hydrogens (primary N) is 1. The number of terminal acetylenes is 1. The van der Waals surface area contributed by atoms with Crippen molar-refractivity contribution in [1.29, 1.82) is 0 Å². The van der Waals surface area contributed by atoms with Crippen LogP contribution < -0.4 is 5.73 Å². The van der Waals surface area contributed by atoms with Crippen LogP contribution in [0.4, 0.5) is 0 Å². The zero-order valence-electron chi connectivity index (χ0n) is 6.40. The van der Waals surface area contributed by atoms with E-state index in [1.54, 1.807) is 0 Å². The summed E-state index contributed by atoms with van der Waals surface area (Å²) in [4.78, 5) is 10.3. The van der Waals surface area contributed by atoms with Gasteiger partial charge in [-0.25, -0.2) is 0 Å². The molecule has 5 heteroatoms. The van der Waals surface area contributed by atoms with Gasteiger partial charge in [-0.1, -0.05) is 0 Å². The lowest BCUT2D eigenvalue weighted by molar-refractivity contribution is -0.138. The molecule has 0 fully saturated rings. The third kappa shape index (κ3) is 1.80. The largest absolute Gasteiger partial charge is 0.480 e. The van der Waals surface area contributed by atoms with Crippen molar-refractivity contribution in [2.75, 3.05) is 0 Å². The van der Waals surface area contributed by atoms with Gasteiger partial charge in [-0.15, -0.1) is 12.3 Å². The number of hydrogen-bond acceptors (Lipinski definition) is 4. The molecular formula is C7H9N3O2. The summed E-state index contributed by atoms with van der Waals surface area (Å²) < 4.78 is 0. The lowest BCUT2D eigenvalue weighted by Gasteiger charge is -2.09. The van der Waals surface area contributed by atoms with E-state index < -0.39 is 17.7 Å². The van der Waals surface area contributed by atoms with Crippen molar-refractivity contribution in [2.24, 2.45) is 16.0 Å². The lowest BCUT2D eigenvalue weighted by Crippen LogP contribution is -2.35. The summed E-state index contributed by atoms with van der Waals surface area (Å²) >= 11 is 0. The van der Waals surface area contributed by atoms with Crippen LogP contribution >= 0.6 is 0 Å². The first-order valence-electron chi connectivity index (χ1n) is 3.45. The van der Waals surface area contributed by atoms with Gasteiger partial charge in [-0.05, 0) is 0 Å². The first-order valence-corrected chi connectivity index (χ1v) is 3.45. The Bertz CT molecular complexity index is 260. The van der Waals surface area contributed by atoms with Crippen LogP contribution in [0.15, 0.2) is 10.2 Å². The monoisotopic (exact) mass is 167 g/mol. The van der Waals surface area contributed by atoms with Gasteiger partial charge in [0.05, 0.1) is 6.42 Å². The Balaban J connectivity index is 2.41. The Morgan fingerprint density at radius 3 is 2.67 bits per heavy atom. The molecule has 5 nitrogen and oxygen atoms in total. The van der Waals surface area contributed by atoms with Crippen LogP contribution in [-0.2, 0) is 4.79 Å². The minimum absolute atomic E-state index is 0.187. The number of carbonyl (C=O) groups is 1. The fourth-order valence-electron chi connectivity index (χ4n) is 0.898. The second kappa shape index (κ2) is 2.91. The Morgan fingerprint density at radius 2 is 2.33 bits per heavy atom. The summed E-state index contributed by atoms with van der Waals surface area (Å²) in [6, 6.07) is -0.937. The van der Waals surface area contributed by atoms with Gasteiger partial charge in [-0.3, -0.25) is 4.79 Å². The Morgan fingerprint density at radius 1 is 1.75 bits per heavy atom. The van der Waals surface area contributed by atoms with Crippen LogP contribution in [0, 0.1) is 12.3 Å². The van der Waals surface area contributed by atoms with Gasteiger partial charge in [0.15, 0.2) is 0 Å². The van der Waals surface area contributed by atoms with Crippen molar-refractivity contribution in [1.82, 2.24) is 0 Å². The summed E-state index contributed by atoms with van der Waals surface area (Å²) in [5.41, 5.74) is 4.60. The molecule has 12 heavy (non-hydrogen) atoms. The smallest absolute Gasteiger partial charge is 0.320 e. The van der Waals surface area contributed by atoms with Crippen molar-refractivity contribution < 1.29 is 9.90 Å². The number of carboxylic acids is 1. The Hall–Kier alpha value is -1.41. The van der Waals surface area contributed by atoms with E-state index >= 15 is 0 Å². The van der Waals surface area contributed by atoms with Gasteiger partial charge < -0.3 is 10.8 Å². The van der Waals surface area contributed by atoms with Crippen LogP contribution in [0.3, 0.4) is 0 Å². The van der Waals surface area contributed by atoms with Crippen LogP contribution in [0.25, 0.3) is 0 Å². The average molecular weight is 167 g/mol. The minimum atomic E-state index is -1.05. The van der Waals surface area contributed by atoms with Gasteiger partial charge in [0, 0.05) is 6.42 Å². The second-order valence-corrected chi connectivity index (χ2v) is 2.71. The molecule has 1 rings (SSSR count). The van der Waals surface area contributed by atoms with Crippen molar-refractivity contribution in [3.05, 3.63) is 0 Å². The minimum Gasteiger partial charge on any atom is -0.480 e. The van der Waals surface area contributed by atoms with Gasteiger partial charge >= 0.3 is 5.97 Å². The van der Waals surface area contributed by atoms with Crippen molar-refractivity contribution in [3.63, 3.8) is 0 Å². The van der Waals surface area contributed by atoms with Gasteiger partial charge in [0.2, 0.25) is 5.66 Å². The summed E-state index contributed by atoms with van der Waals surface area (Å²) in [7, 11) is 0. The fraction of sp³-hybridized carbons (Fsp3) is 0.571. The predicted molar refractivity (Wildman–Crippen MR) is 41.3 cm³/mol. The van der Waals surface area contributed by atoms with E-state index in [0.29, 0.717) is 6.42 Å². The molecular weight excluding hydrogens is 158 g/mol. The molecule has 0 aromatic carbocycles. The van der Waals surface area contributed by atoms with Crippen LogP contribution in [0.5, 0.6) is 0 Å². The summed E-state index contributed by atoms with van der Waals surface area (Å²) in [6.07, 6.45) is 5.56. The topological polar surface area (TPSA) is 88.0 Å². The zero-order chi connectivity index (χ0) is 9.19. The number of carboxylic acid groups (broad SMARTS) is 1. The van der Waals surface area contributed by atoms with E-state index in [1.165, 1.54) is 0 Å². The molecule has 1 heterocycles. The number of rotatable bonds is 4. The number of aliphatic carboxylic acids is 1. The lowest BCUT2D eigenvalue weighted by atomic mass is 10.0. The molecule has 0 aromatic rings. The van der Waals surface area contributed by atoms with Gasteiger partial charge in [0.25, 0.3) is 0 Å². The Labute approximate surface area is 69.7 Å². The number of hydrogen-bond donors (Lipinski definition) is 2. The highest BCUT2D eigenvalue weighted by Crippen LogP contribution is 2.35. The summed E-state index contributed by atoms with van der Waals surface area (Å²) in [5.74, 6) is 1.33. The quantitative estimate of drug-likeness (QED) is 0.576. The average Bonchev–Trinajstić information content (AvgIpc) is 2.69. The molecule has 0 saturated heterocycles. The van der Waals surface area contributed by atoms with E-state index in [1.807, 2.05) is 0 Å². The van der Waals surface area contributed by atoms with Crippen molar-refractivity contribution in [3.8, 4) is 12.3 Å². The second-order valence-electron chi connectivity index (χ2n) is 2.71. The van der Waals surface area contributed by atoms with Crippen LogP contribution in [0.1, 0.15) is 12.8 Å². The van der Waals surface area contributed by atoms with Gasteiger partial charge in [0.1, 0.15) is 6.04 Å². The maximum absolute atomic E-state index is 10.3. The van der Waals surface area contributed by atoms with E-state index in [-0.39, 0.29) is 6.42 Å². The molecule has 0 saturated carbocycles. The molecule has 0 amide bonds. The van der Waals surface area contributed by atoms with E-state index in [2.05, 4.69) is 16.1 Å². The maximum atomic E-state index is 10.3. The highest BCUT2D eigenvalue weighted by molar-refractivity contribution is 5.73. The standard InChI is InChI=1S/C7H9N3O2/c1-2-3-7(9-10-7)4-5(8)6(11)12/h1,5H,3-4,8H2,(H,11,12)/t5-/m0/s1. The summed E-state index contributed by atoms with van der Waals surface area (Å²) in [6.45, 7) is 0. The zero-order valence-corrected chi connectivity index (χ0v) is 6.40. The highest BCUT2D eigenvalue weighted by Gasteiger charge is 2.42. The predicted octanol–water partition coefficient (Wildman–Crippen LogP) is -0.0262. The molecule has 1 atom stereocenters. The SMILES string of the molecule is C#CCC1(C[C@H](N)C(=O)O)N=N1. The molecule has 0 aliphatic carbocycles. The van der Waals surface area contributed by atoms with E-state index in [4.69, 9.17) is 17.3 Å². The first-order chi connectivity index (χ1) is 5.59. The molecule has 64 valence electrons. The number of nitrogens with zero attached hydrogens (tertiary/aromatic N) is 2.